The number of hydrogen-bond acceptors (Lipinski definition) is 5. The molecule has 0 spiro atoms. The van der Waals surface area contributed by atoms with Crippen molar-refractivity contribution in [2.75, 3.05) is 17.7 Å². The first-order chi connectivity index (χ1) is 11.8. The average molecular weight is 320 g/mol. The molecule has 3 rings (SSSR count). The molecule has 0 radical (unpaired) electrons. The Morgan fingerprint density at radius 2 is 1.75 bits per heavy atom. The molecule has 120 valence electrons. The summed E-state index contributed by atoms with van der Waals surface area (Å²) in [5.41, 5.74) is 1.70. The summed E-state index contributed by atoms with van der Waals surface area (Å²) in [6.45, 7) is 0. The molecule has 6 heteroatoms. The number of amides is 1. The summed E-state index contributed by atoms with van der Waals surface area (Å²) < 4.78 is 5.28. The number of para-hydroxylation sites is 3. The van der Waals surface area contributed by atoms with Crippen molar-refractivity contribution < 1.29 is 9.53 Å². The highest BCUT2D eigenvalue weighted by molar-refractivity contribution is 6.02. The SMILES string of the molecule is COc1ccccc1Nc1nccc(C(=O)Nc2ccccc2)n1. The van der Waals surface area contributed by atoms with Gasteiger partial charge in [-0.1, -0.05) is 30.3 Å². The van der Waals surface area contributed by atoms with E-state index in [0.29, 0.717) is 17.4 Å². The van der Waals surface area contributed by atoms with Crippen molar-refractivity contribution in [3.63, 3.8) is 0 Å². The molecule has 0 unspecified atom stereocenters. The zero-order valence-corrected chi connectivity index (χ0v) is 13.1. The van der Waals surface area contributed by atoms with Gasteiger partial charge in [0.05, 0.1) is 12.8 Å². The zero-order chi connectivity index (χ0) is 16.8. The van der Waals surface area contributed by atoms with Gasteiger partial charge in [0, 0.05) is 11.9 Å². The topological polar surface area (TPSA) is 76.1 Å². The lowest BCUT2D eigenvalue weighted by molar-refractivity contribution is 0.102. The van der Waals surface area contributed by atoms with Crippen LogP contribution in [0.15, 0.2) is 66.9 Å². The third-order valence-electron chi connectivity index (χ3n) is 3.27. The van der Waals surface area contributed by atoms with Crippen molar-refractivity contribution in [2.45, 2.75) is 0 Å². The van der Waals surface area contributed by atoms with Gasteiger partial charge < -0.3 is 15.4 Å². The van der Waals surface area contributed by atoms with Crippen molar-refractivity contribution in [1.29, 1.82) is 0 Å². The van der Waals surface area contributed by atoms with E-state index in [1.165, 1.54) is 6.20 Å². The second-order valence-corrected chi connectivity index (χ2v) is 4.91. The van der Waals surface area contributed by atoms with Crippen LogP contribution in [0.4, 0.5) is 17.3 Å². The number of ether oxygens (including phenoxy) is 1. The number of benzene rings is 2. The van der Waals surface area contributed by atoms with E-state index in [4.69, 9.17) is 4.74 Å². The Kier molecular flexibility index (Phi) is 4.67. The summed E-state index contributed by atoms with van der Waals surface area (Å²) >= 11 is 0. The van der Waals surface area contributed by atoms with Gasteiger partial charge in [-0.05, 0) is 30.3 Å². The van der Waals surface area contributed by atoms with Crippen molar-refractivity contribution in [3.05, 3.63) is 72.6 Å². The number of nitrogens with one attached hydrogen (secondary N) is 2. The van der Waals surface area contributed by atoms with Crippen molar-refractivity contribution >= 4 is 23.2 Å². The fourth-order valence-electron chi connectivity index (χ4n) is 2.13. The first-order valence-electron chi connectivity index (χ1n) is 7.36. The third-order valence-corrected chi connectivity index (χ3v) is 3.27. The van der Waals surface area contributed by atoms with Crippen molar-refractivity contribution in [2.24, 2.45) is 0 Å². The van der Waals surface area contributed by atoms with Crippen LogP contribution in [-0.2, 0) is 0 Å². The molecule has 0 bridgehead atoms. The number of carbonyl (C=O) groups is 1. The lowest BCUT2D eigenvalue weighted by atomic mass is 10.3. The average Bonchev–Trinajstić information content (AvgIpc) is 2.63. The van der Waals surface area contributed by atoms with Crippen LogP contribution in [0, 0.1) is 0 Å². The Balaban J connectivity index is 1.78. The van der Waals surface area contributed by atoms with Crippen LogP contribution in [0.3, 0.4) is 0 Å². The summed E-state index contributed by atoms with van der Waals surface area (Å²) in [6, 6.07) is 18.2. The van der Waals surface area contributed by atoms with Crippen molar-refractivity contribution in [3.8, 4) is 5.75 Å². The molecule has 0 aliphatic carbocycles. The first kappa shape index (κ1) is 15.5. The van der Waals surface area contributed by atoms with E-state index >= 15 is 0 Å². The predicted molar refractivity (Wildman–Crippen MR) is 92.7 cm³/mol. The van der Waals surface area contributed by atoms with Crippen LogP contribution in [0.1, 0.15) is 10.5 Å². The fraction of sp³-hybridized carbons (Fsp3) is 0.0556. The molecule has 1 aromatic heterocycles. The molecule has 1 amide bonds. The number of carbonyl (C=O) groups excluding carboxylic acids is 1. The van der Waals surface area contributed by atoms with Gasteiger partial charge >= 0.3 is 0 Å². The largest absolute Gasteiger partial charge is 0.495 e. The monoisotopic (exact) mass is 320 g/mol. The molecule has 2 aromatic carbocycles. The number of aromatic nitrogens is 2. The fourth-order valence-corrected chi connectivity index (χ4v) is 2.13. The number of hydrogen-bond donors (Lipinski definition) is 2. The van der Waals surface area contributed by atoms with Crippen LogP contribution >= 0.6 is 0 Å². The highest BCUT2D eigenvalue weighted by Gasteiger charge is 2.10. The van der Waals surface area contributed by atoms with Gasteiger partial charge in [-0.15, -0.1) is 0 Å². The molecule has 1 heterocycles. The number of anilines is 3. The van der Waals surface area contributed by atoms with Gasteiger partial charge in [-0.2, -0.15) is 0 Å². The van der Waals surface area contributed by atoms with Crippen molar-refractivity contribution in [1.82, 2.24) is 9.97 Å². The minimum Gasteiger partial charge on any atom is -0.495 e. The molecule has 24 heavy (non-hydrogen) atoms. The van der Waals surface area contributed by atoms with Crippen LogP contribution in [0.2, 0.25) is 0 Å². The molecule has 0 atom stereocenters. The Hall–Kier alpha value is -3.41. The lowest BCUT2D eigenvalue weighted by Gasteiger charge is -2.10. The lowest BCUT2D eigenvalue weighted by Crippen LogP contribution is -2.14. The van der Waals surface area contributed by atoms with Gasteiger partial charge in [0.25, 0.3) is 5.91 Å². The molecule has 0 aliphatic heterocycles. The Labute approximate surface area is 139 Å². The van der Waals surface area contributed by atoms with E-state index in [0.717, 1.165) is 5.69 Å². The van der Waals surface area contributed by atoms with E-state index < -0.39 is 0 Å². The maximum Gasteiger partial charge on any atom is 0.274 e. The molecule has 0 fully saturated rings. The summed E-state index contributed by atoms with van der Waals surface area (Å²) in [5, 5.41) is 5.85. The Bertz CT molecular complexity index is 837. The maximum absolute atomic E-state index is 12.3. The van der Waals surface area contributed by atoms with Gasteiger partial charge in [-0.25, -0.2) is 9.97 Å². The van der Waals surface area contributed by atoms with E-state index in [-0.39, 0.29) is 11.6 Å². The molecule has 0 aliphatic rings. The second-order valence-electron chi connectivity index (χ2n) is 4.91. The summed E-state index contributed by atoms with van der Waals surface area (Å²) in [6.07, 6.45) is 1.53. The first-order valence-corrected chi connectivity index (χ1v) is 7.36. The molecule has 0 saturated heterocycles. The van der Waals surface area contributed by atoms with Gasteiger partial charge in [-0.3, -0.25) is 4.79 Å². The second kappa shape index (κ2) is 7.23. The Morgan fingerprint density at radius 1 is 1.00 bits per heavy atom. The molecular weight excluding hydrogens is 304 g/mol. The van der Waals surface area contributed by atoms with Crippen LogP contribution < -0.4 is 15.4 Å². The van der Waals surface area contributed by atoms with Gasteiger partial charge in [0.2, 0.25) is 5.95 Å². The van der Waals surface area contributed by atoms with Crippen LogP contribution in [0.25, 0.3) is 0 Å². The molecule has 0 saturated carbocycles. The van der Waals surface area contributed by atoms with E-state index in [1.54, 1.807) is 13.2 Å². The smallest absolute Gasteiger partial charge is 0.274 e. The highest BCUT2D eigenvalue weighted by Crippen LogP contribution is 2.25. The van der Waals surface area contributed by atoms with Crippen LogP contribution in [-0.4, -0.2) is 23.0 Å². The zero-order valence-electron chi connectivity index (χ0n) is 13.1. The summed E-state index contributed by atoms with van der Waals surface area (Å²) in [7, 11) is 1.59. The van der Waals surface area contributed by atoms with E-state index in [9.17, 15) is 4.79 Å². The van der Waals surface area contributed by atoms with Gasteiger partial charge in [0.1, 0.15) is 11.4 Å². The molecular formula is C18H16N4O2. The predicted octanol–water partition coefficient (Wildman–Crippen LogP) is 3.48. The normalized spacial score (nSPS) is 10.0. The maximum atomic E-state index is 12.3. The molecule has 6 nitrogen and oxygen atoms in total. The van der Waals surface area contributed by atoms with Crippen LogP contribution in [0.5, 0.6) is 5.75 Å². The number of methoxy groups -OCH3 is 1. The minimum absolute atomic E-state index is 0.270. The Morgan fingerprint density at radius 3 is 2.54 bits per heavy atom. The molecule has 2 N–H and O–H groups in total. The minimum atomic E-state index is -0.299. The van der Waals surface area contributed by atoms with Gasteiger partial charge in [0.15, 0.2) is 0 Å². The molecule has 3 aromatic rings. The number of rotatable bonds is 5. The summed E-state index contributed by atoms with van der Waals surface area (Å²) in [5.74, 6) is 0.687. The third kappa shape index (κ3) is 3.67. The standard InChI is InChI=1S/C18H16N4O2/c1-24-16-10-6-5-9-14(16)21-18-19-12-11-15(22-18)17(23)20-13-7-3-2-4-8-13/h2-12H,1H3,(H,20,23)(H,19,21,22). The highest BCUT2D eigenvalue weighted by atomic mass is 16.5. The number of nitrogens with zero attached hydrogens (tertiary/aromatic N) is 2. The quantitative estimate of drug-likeness (QED) is 0.752. The van der Waals surface area contributed by atoms with E-state index in [1.807, 2.05) is 54.6 Å². The summed E-state index contributed by atoms with van der Waals surface area (Å²) in [4.78, 5) is 20.7. The van der Waals surface area contributed by atoms with E-state index in [2.05, 4.69) is 20.6 Å².